The first-order valence-corrected chi connectivity index (χ1v) is 12.9. The number of anilines is 2. The quantitative estimate of drug-likeness (QED) is 0.729. The number of urea groups is 1. The molecule has 2 fully saturated rings. The van der Waals surface area contributed by atoms with E-state index in [1.165, 1.54) is 12.1 Å². The van der Waals surface area contributed by atoms with E-state index in [-0.39, 0.29) is 12.1 Å². The molecule has 0 radical (unpaired) electrons. The lowest BCUT2D eigenvalue weighted by atomic mass is 9.91. The minimum atomic E-state index is -3.38. The number of nitrogens with zero attached hydrogens (tertiary/aromatic N) is 2. The van der Waals surface area contributed by atoms with Crippen molar-refractivity contribution in [3.8, 4) is 0 Å². The van der Waals surface area contributed by atoms with Crippen LogP contribution in [0.5, 0.6) is 0 Å². The summed E-state index contributed by atoms with van der Waals surface area (Å²) in [6, 6.07) is 7.82. The van der Waals surface area contributed by atoms with Crippen LogP contribution in [0.2, 0.25) is 0 Å². The molecule has 8 heteroatoms. The van der Waals surface area contributed by atoms with Gasteiger partial charge in [-0.1, -0.05) is 13.8 Å². The summed E-state index contributed by atoms with van der Waals surface area (Å²) >= 11 is 0. The summed E-state index contributed by atoms with van der Waals surface area (Å²) in [5.74, 6) is 1.39. The highest BCUT2D eigenvalue weighted by Gasteiger charge is 2.33. The van der Waals surface area contributed by atoms with Crippen molar-refractivity contribution in [2.75, 3.05) is 36.4 Å². The molecule has 174 valence electrons. The molecule has 0 bridgehead atoms. The molecule has 7 nitrogen and oxygen atoms in total. The zero-order chi connectivity index (χ0) is 22.8. The fraction of sp³-hybridized carbons (Fsp3) is 0.696. The fourth-order valence-corrected chi connectivity index (χ4v) is 5.46. The Balaban J connectivity index is 1.50. The minimum Gasteiger partial charge on any atom is -0.371 e. The number of amides is 2. The Morgan fingerprint density at radius 3 is 2.06 bits per heavy atom. The van der Waals surface area contributed by atoms with E-state index in [4.69, 9.17) is 0 Å². The average molecular weight is 451 g/mol. The molecule has 2 N–H and O–H groups in total. The maximum atomic E-state index is 12.7. The van der Waals surface area contributed by atoms with Crippen LogP contribution in [0.25, 0.3) is 0 Å². The summed E-state index contributed by atoms with van der Waals surface area (Å²) in [5, 5.41) is 2.98. The third kappa shape index (κ3) is 6.13. The molecule has 0 spiro atoms. The Hall–Kier alpha value is -1.80. The molecular weight excluding hydrogens is 412 g/mol. The van der Waals surface area contributed by atoms with Gasteiger partial charge in [0.2, 0.25) is 10.0 Å². The number of hydrogen-bond acceptors (Lipinski definition) is 4. The summed E-state index contributed by atoms with van der Waals surface area (Å²) in [6.07, 6.45) is 2.51. The SMILES string of the molecule is C[C@@H]1C[C@H](C)CN(c2ccc(NC(=O)N3CCC(NS(=O)(=O)C(C)(C)C)CC3)cc2)C1. The lowest BCUT2D eigenvalue weighted by molar-refractivity contribution is 0.193. The molecule has 1 aromatic rings. The van der Waals surface area contributed by atoms with Gasteiger partial charge in [-0.05, 0) is 76.1 Å². The van der Waals surface area contributed by atoms with E-state index >= 15 is 0 Å². The third-order valence-corrected chi connectivity index (χ3v) is 8.52. The first kappa shape index (κ1) is 23.9. The molecule has 31 heavy (non-hydrogen) atoms. The first-order chi connectivity index (χ1) is 14.4. The number of sulfonamides is 1. The predicted molar refractivity (Wildman–Crippen MR) is 127 cm³/mol. The van der Waals surface area contributed by atoms with E-state index in [1.807, 2.05) is 12.1 Å². The average Bonchev–Trinajstić information content (AvgIpc) is 2.67. The molecule has 2 heterocycles. The van der Waals surface area contributed by atoms with Crippen molar-refractivity contribution in [2.45, 2.75) is 64.7 Å². The molecule has 0 aromatic heterocycles. The molecule has 2 aliphatic heterocycles. The molecule has 3 rings (SSSR count). The van der Waals surface area contributed by atoms with Crippen LogP contribution in [-0.4, -0.2) is 56.3 Å². The largest absolute Gasteiger partial charge is 0.371 e. The summed E-state index contributed by atoms with van der Waals surface area (Å²) in [5.41, 5.74) is 1.98. The number of carbonyl (C=O) groups is 1. The number of nitrogens with one attached hydrogen (secondary N) is 2. The Bertz CT molecular complexity index is 846. The van der Waals surface area contributed by atoms with Crippen LogP contribution in [-0.2, 0) is 10.0 Å². The normalized spacial score (nSPS) is 23.6. The predicted octanol–water partition coefficient (Wildman–Crippen LogP) is 3.88. The van der Waals surface area contributed by atoms with E-state index in [9.17, 15) is 13.2 Å². The second-order valence-corrected chi connectivity index (χ2v) is 12.8. The number of piperidine rings is 2. The molecule has 2 atom stereocenters. The molecule has 0 saturated carbocycles. The highest BCUT2D eigenvalue weighted by atomic mass is 32.2. The van der Waals surface area contributed by atoms with E-state index in [0.29, 0.717) is 37.8 Å². The molecule has 2 saturated heterocycles. The molecule has 1 aromatic carbocycles. The van der Waals surface area contributed by atoms with Crippen molar-refractivity contribution in [3.05, 3.63) is 24.3 Å². The number of carbonyl (C=O) groups excluding carboxylic acids is 1. The van der Waals surface area contributed by atoms with Gasteiger partial charge in [-0.3, -0.25) is 0 Å². The lowest BCUT2D eigenvalue weighted by Gasteiger charge is -2.36. The van der Waals surface area contributed by atoms with E-state index in [2.05, 4.69) is 40.9 Å². The third-order valence-electron chi connectivity index (χ3n) is 6.26. The van der Waals surface area contributed by atoms with Gasteiger partial charge in [0.25, 0.3) is 0 Å². The summed E-state index contributed by atoms with van der Waals surface area (Å²) in [4.78, 5) is 16.8. The number of benzene rings is 1. The van der Waals surface area contributed by atoms with Crippen molar-refractivity contribution in [2.24, 2.45) is 11.8 Å². The van der Waals surface area contributed by atoms with Gasteiger partial charge in [0, 0.05) is 43.6 Å². The van der Waals surface area contributed by atoms with E-state index in [1.54, 1.807) is 25.7 Å². The number of hydrogen-bond donors (Lipinski definition) is 2. The first-order valence-electron chi connectivity index (χ1n) is 11.4. The molecular formula is C23H38N4O3S. The van der Waals surface area contributed by atoms with E-state index < -0.39 is 14.8 Å². The van der Waals surface area contributed by atoms with E-state index in [0.717, 1.165) is 18.8 Å². The highest BCUT2D eigenvalue weighted by molar-refractivity contribution is 7.90. The van der Waals surface area contributed by atoms with Gasteiger partial charge in [-0.25, -0.2) is 17.9 Å². The van der Waals surface area contributed by atoms with Crippen molar-refractivity contribution < 1.29 is 13.2 Å². The standard InChI is InChI=1S/C23H38N4O3S/c1-17-14-18(2)16-27(15-17)21-8-6-19(7-9-21)24-22(28)26-12-10-20(11-13-26)25-31(29,30)23(3,4)5/h6-9,17-18,20,25H,10-16H2,1-5H3,(H,24,28)/t17-,18+. The van der Waals surface area contributed by atoms with Crippen molar-refractivity contribution >= 4 is 27.4 Å². The van der Waals surface area contributed by atoms with Crippen molar-refractivity contribution in [3.63, 3.8) is 0 Å². The van der Waals surface area contributed by atoms with Crippen LogP contribution in [0, 0.1) is 11.8 Å². The minimum absolute atomic E-state index is 0.123. The maximum Gasteiger partial charge on any atom is 0.321 e. The molecule has 0 aliphatic carbocycles. The van der Waals surface area contributed by atoms with Gasteiger partial charge in [-0.15, -0.1) is 0 Å². The molecule has 2 amide bonds. The van der Waals surface area contributed by atoms with Crippen LogP contribution < -0.4 is 14.9 Å². The Kier molecular flexibility index (Phi) is 7.21. The fourth-order valence-electron chi connectivity index (χ4n) is 4.43. The summed E-state index contributed by atoms with van der Waals surface area (Å²) in [7, 11) is -3.38. The van der Waals surface area contributed by atoms with Gasteiger partial charge in [-0.2, -0.15) is 0 Å². The van der Waals surface area contributed by atoms with Crippen molar-refractivity contribution in [1.29, 1.82) is 0 Å². The molecule has 0 unspecified atom stereocenters. The van der Waals surface area contributed by atoms with Gasteiger partial charge in [0.1, 0.15) is 0 Å². The molecule has 2 aliphatic rings. The second kappa shape index (κ2) is 9.36. The number of likely N-dealkylation sites (tertiary alicyclic amines) is 1. The summed E-state index contributed by atoms with van der Waals surface area (Å²) in [6.45, 7) is 12.9. The maximum absolute atomic E-state index is 12.7. The van der Waals surface area contributed by atoms with Gasteiger partial charge in [0.05, 0.1) is 4.75 Å². The van der Waals surface area contributed by atoms with Crippen LogP contribution in [0.1, 0.15) is 53.9 Å². The van der Waals surface area contributed by atoms with Crippen LogP contribution in [0.15, 0.2) is 24.3 Å². The summed E-state index contributed by atoms with van der Waals surface area (Å²) < 4.78 is 26.7. The monoisotopic (exact) mass is 450 g/mol. The number of rotatable bonds is 4. The van der Waals surface area contributed by atoms with Gasteiger partial charge in [0.15, 0.2) is 0 Å². The van der Waals surface area contributed by atoms with Crippen molar-refractivity contribution in [1.82, 2.24) is 9.62 Å². The topological polar surface area (TPSA) is 81.8 Å². The Morgan fingerprint density at radius 2 is 1.55 bits per heavy atom. The van der Waals surface area contributed by atoms with Crippen LogP contribution >= 0.6 is 0 Å². The van der Waals surface area contributed by atoms with Gasteiger partial charge < -0.3 is 15.1 Å². The Labute approximate surface area is 187 Å². The highest BCUT2D eigenvalue weighted by Crippen LogP contribution is 2.27. The Morgan fingerprint density at radius 1 is 1.00 bits per heavy atom. The zero-order valence-corrected chi connectivity index (χ0v) is 20.3. The second-order valence-electron chi connectivity index (χ2n) is 10.3. The van der Waals surface area contributed by atoms with Gasteiger partial charge >= 0.3 is 6.03 Å². The van der Waals surface area contributed by atoms with Crippen LogP contribution in [0.4, 0.5) is 16.2 Å². The lowest BCUT2D eigenvalue weighted by Crippen LogP contribution is -2.50. The smallest absolute Gasteiger partial charge is 0.321 e. The van der Waals surface area contributed by atoms with Crippen LogP contribution in [0.3, 0.4) is 0 Å². The zero-order valence-electron chi connectivity index (χ0n) is 19.5.